The lowest BCUT2D eigenvalue weighted by atomic mass is 9.72. The minimum absolute atomic E-state index is 0.0200. The smallest absolute Gasteiger partial charge is 0.324 e. The first-order chi connectivity index (χ1) is 33.8. The molecule has 0 radical (unpaired) electrons. The van der Waals surface area contributed by atoms with E-state index in [1.165, 1.54) is 24.3 Å². The first kappa shape index (κ1) is 48.2. The molecule has 6 heterocycles. The molecule has 10 rings (SSSR count). The summed E-state index contributed by atoms with van der Waals surface area (Å²) in [6, 6.07) is 26.4. The van der Waals surface area contributed by atoms with Gasteiger partial charge in [0.05, 0.1) is 13.1 Å². The average molecular weight is 971 g/mol. The number of hydrogen-bond donors (Lipinski definition) is 1. The fourth-order valence-corrected chi connectivity index (χ4v) is 9.66. The van der Waals surface area contributed by atoms with Gasteiger partial charge in [-0.05, 0) is 107 Å². The average Bonchev–Trinajstić information content (AvgIpc) is 4.07. The largest absolute Gasteiger partial charge is 0.415 e. The number of nitrogens with one attached hydrogen (secondary N) is 1. The Morgan fingerprint density at radius 1 is 0.614 bits per heavy atom. The molecule has 14 nitrogen and oxygen atoms in total. The van der Waals surface area contributed by atoms with Crippen LogP contribution in [0.5, 0.6) is 0 Å². The zero-order valence-corrected chi connectivity index (χ0v) is 38.4. The van der Waals surface area contributed by atoms with E-state index in [2.05, 4.69) is 37.5 Å². The number of alkyl halides is 4. The number of aromatic nitrogens is 4. The Bertz CT molecular complexity index is 2730. The zero-order chi connectivity index (χ0) is 49.0. The van der Waals surface area contributed by atoms with E-state index in [-0.39, 0.29) is 70.0 Å². The van der Waals surface area contributed by atoms with Crippen LogP contribution in [-0.4, -0.2) is 106 Å². The van der Waals surface area contributed by atoms with Crippen molar-refractivity contribution in [2.45, 2.75) is 58.5 Å². The molecule has 368 valence electrons. The highest BCUT2D eigenvalue weighted by molar-refractivity contribution is 5.93. The van der Waals surface area contributed by atoms with E-state index in [1.807, 2.05) is 70.5 Å². The first-order valence-corrected chi connectivity index (χ1v) is 23.3. The van der Waals surface area contributed by atoms with Gasteiger partial charge in [-0.1, -0.05) is 55.5 Å². The standard InChI is InChI=1S/C26H28F3N5O2.C24H24F3N5O2/c1-2-32-12-10-26(11-13-32)16-33(17-26)25(35)34(20-6-4-3-5-7-20)15-19-9-8-18(14-21(19)27)23-30-31-24(36-23)22(28)29;25-19-12-16(21-29-30-22(34-21)20(26)27)6-7-17(19)13-32(18-4-2-1-3-5-18)23(33)31-14-24(15-31)8-10-28-11-9-24/h3-9,14,22H,2,10-13,15-17H2,1H3;1-7,12,20,28H,8-11,13-15H2. The van der Waals surface area contributed by atoms with E-state index in [0.29, 0.717) is 37.6 Å². The highest BCUT2D eigenvalue weighted by Crippen LogP contribution is 2.42. The molecule has 4 aliphatic rings. The lowest BCUT2D eigenvalue weighted by Gasteiger charge is -2.54. The van der Waals surface area contributed by atoms with Crippen molar-refractivity contribution in [3.8, 4) is 22.9 Å². The maximum Gasteiger partial charge on any atom is 0.324 e. The van der Waals surface area contributed by atoms with E-state index in [4.69, 9.17) is 8.83 Å². The molecule has 20 heteroatoms. The molecule has 2 aromatic heterocycles. The van der Waals surface area contributed by atoms with Gasteiger partial charge in [-0.3, -0.25) is 9.80 Å². The number of piperidine rings is 2. The summed E-state index contributed by atoms with van der Waals surface area (Å²) in [6.07, 6.45) is -1.56. The Morgan fingerprint density at radius 2 is 1.03 bits per heavy atom. The van der Waals surface area contributed by atoms with Crippen LogP contribution in [-0.2, 0) is 13.1 Å². The van der Waals surface area contributed by atoms with Crippen LogP contribution in [0.2, 0.25) is 0 Å². The van der Waals surface area contributed by atoms with E-state index >= 15 is 8.78 Å². The van der Waals surface area contributed by atoms with Crippen LogP contribution in [0.15, 0.2) is 106 Å². The fourth-order valence-electron chi connectivity index (χ4n) is 9.66. The Morgan fingerprint density at radius 3 is 1.40 bits per heavy atom. The molecule has 4 saturated heterocycles. The van der Waals surface area contributed by atoms with Crippen molar-refractivity contribution in [3.05, 3.63) is 132 Å². The second-order valence-electron chi connectivity index (χ2n) is 18.4. The third-order valence-electron chi connectivity index (χ3n) is 13.8. The second kappa shape index (κ2) is 20.7. The van der Waals surface area contributed by atoms with Crippen LogP contribution in [0.3, 0.4) is 0 Å². The molecule has 4 aliphatic heterocycles. The third-order valence-corrected chi connectivity index (χ3v) is 13.8. The van der Waals surface area contributed by atoms with Gasteiger partial charge in [0.15, 0.2) is 0 Å². The van der Waals surface area contributed by atoms with Gasteiger partial charge in [0.2, 0.25) is 11.8 Å². The van der Waals surface area contributed by atoms with E-state index < -0.39 is 36.3 Å². The summed E-state index contributed by atoms with van der Waals surface area (Å²) < 4.78 is 90.9. The Kier molecular flexibility index (Phi) is 14.2. The predicted molar refractivity (Wildman–Crippen MR) is 247 cm³/mol. The summed E-state index contributed by atoms with van der Waals surface area (Å²) in [5, 5.41) is 17.0. The van der Waals surface area contributed by atoms with Crippen LogP contribution < -0.4 is 15.1 Å². The number of anilines is 2. The highest BCUT2D eigenvalue weighted by Gasteiger charge is 2.48. The number of nitrogens with zero attached hydrogens (tertiary/aromatic N) is 9. The molecule has 4 fully saturated rings. The number of urea groups is 2. The van der Waals surface area contributed by atoms with E-state index in [9.17, 15) is 27.2 Å². The van der Waals surface area contributed by atoms with Gasteiger partial charge in [-0.15, -0.1) is 20.4 Å². The molecule has 0 atom stereocenters. The molecule has 1 N–H and O–H groups in total. The summed E-state index contributed by atoms with van der Waals surface area (Å²) in [7, 11) is 0. The number of halogens is 6. The van der Waals surface area contributed by atoms with Gasteiger partial charge in [0.1, 0.15) is 11.6 Å². The SMILES string of the molecule is CCN1CCC2(CC1)CN(C(=O)N(Cc1ccc(-c3nnc(C(F)F)o3)cc1F)c1ccccc1)C2.O=C(N1CC2(CCNCC2)C1)N(Cc1ccc(-c2nnc(C(F)F)o2)cc1F)c1ccccc1. The van der Waals surface area contributed by atoms with Crippen LogP contribution in [0.4, 0.5) is 47.3 Å². The van der Waals surface area contributed by atoms with Gasteiger partial charge in [0, 0.05) is 70.6 Å². The monoisotopic (exact) mass is 970 g/mol. The van der Waals surface area contributed by atoms with Crippen molar-refractivity contribution in [2.75, 3.05) is 68.7 Å². The molecule has 0 bridgehead atoms. The van der Waals surface area contributed by atoms with Gasteiger partial charge in [-0.25, -0.2) is 18.4 Å². The number of benzene rings is 4. The molecular formula is C50H52F6N10O4. The molecule has 0 aliphatic carbocycles. The van der Waals surface area contributed by atoms with E-state index in [1.54, 1.807) is 9.80 Å². The van der Waals surface area contributed by atoms with Gasteiger partial charge in [-0.2, -0.15) is 17.6 Å². The number of amides is 4. The summed E-state index contributed by atoms with van der Waals surface area (Å²) in [4.78, 5) is 36.2. The number of rotatable bonds is 11. The van der Waals surface area contributed by atoms with Crippen molar-refractivity contribution in [1.82, 2.24) is 40.4 Å². The van der Waals surface area contributed by atoms with Gasteiger partial charge in [0.25, 0.3) is 11.8 Å². The number of likely N-dealkylation sites (tertiary alicyclic amines) is 3. The Labute approximate surface area is 400 Å². The van der Waals surface area contributed by atoms with Crippen molar-refractivity contribution in [3.63, 3.8) is 0 Å². The maximum atomic E-state index is 15.1. The molecular weight excluding hydrogens is 919 g/mol. The number of hydrogen-bond acceptors (Lipinski definition) is 10. The van der Waals surface area contributed by atoms with Crippen LogP contribution in [0, 0.1) is 22.5 Å². The minimum atomic E-state index is -2.90. The normalized spacial score (nSPS) is 17.3. The van der Waals surface area contributed by atoms with Crippen LogP contribution in [0.25, 0.3) is 22.9 Å². The molecule has 4 aromatic carbocycles. The second-order valence-corrected chi connectivity index (χ2v) is 18.4. The lowest BCUT2D eigenvalue weighted by Crippen LogP contribution is -2.64. The van der Waals surface area contributed by atoms with Crippen molar-refractivity contribution >= 4 is 23.4 Å². The van der Waals surface area contributed by atoms with Crippen molar-refractivity contribution in [2.24, 2.45) is 10.8 Å². The lowest BCUT2D eigenvalue weighted by molar-refractivity contribution is -0.0188. The van der Waals surface area contributed by atoms with Crippen LogP contribution >= 0.6 is 0 Å². The summed E-state index contributed by atoms with van der Waals surface area (Å²) >= 11 is 0. The maximum absolute atomic E-state index is 15.1. The third kappa shape index (κ3) is 10.5. The summed E-state index contributed by atoms with van der Waals surface area (Å²) in [5.41, 5.74) is 2.65. The number of carbonyl (C=O) groups excluding carboxylic acids is 2. The quantitative estimate of drug-likeness (QED) is 0.125. The predicted octanol–water partition coefficient (Wildman–Crippen LogP) is 9.98. The van der Waals surface area contributed by atoms with Gasteiger partial charge < -0.3 is 28.9 Å². The molecule has 4 amide bonds. The highest BCUT2D eigenvalue weighted by atomic mass is 19.3. The molecule has 0 saturated carbocycles. The molecule has 70 heavy (non-hydrogen) atoms. The number of carbonyl (C=O) groups is 2. The van der Waals surface area contributed by atoms with E-state index in [0.717, 1.165) is 70.5 Å². The fraction of sp³-hybridized carbons (Fsp3) is 0.400. The van der Waals surface area contributed by atoms with Gasteiger partial charge >= 0.3 is 24.9 Å². The summed E-state index contributed by atoms with van der Waals surface area (Å²) in [6.45, 7) is 10.1. The first-order valence-electron chi connectivity index (χ1n) is 23.3. The topological polar surface area (TPSA) is 140 Å². The number of para-hydroxylation sites is 2. The summed E-state index contributed by atoms with van der Waals surface area (Å²) in [5.74, 6) is -3.20. The Hall–Kier alpha value is -6.80. The Balaban J connectivity index is 0.000000174. The zero-order valence-electron chi connectivity index (χ0n) is 38.4. The molecule has 0 unspecified atom stereocenters. The molecule has 6 aromatic rings. The van der Waals surface area contributed by atoms with Crippen LogP contribution in [0.1, 0.15) is 68.4 Å². The van der Waals surface area contributed by atoms with Crippen molar-refractivity contribution < 1.29 is 44.8 Å². The molecule has 2 spiro atoms. The van der Waals surface area contributed by atoms with Crippen molar-refractivity contribution in [1.29, 1.82) is 0 Å². The minimum Gasteiger partial charge on any atom is -0.415 e.